The summed E-state index contributed by atoms with van der Waals surface area (Å²) in [7, 11) is 1.57. The smallest absolute Gasteiger partial charge is 0.310 e. The van der Waals surface area contributed by atoms with Gasteiger partial charge in [0.15, 0.2) is 0 Å². The first-order valence-corrected chi connectivity index (χ1v) is 5.94. The fourth-order valence-electron chi connectivity index (χ4n) is 1.59. The molecule has 0 aliphatic heterocycles. The van der Waals surface area contributed by atoms with Crippen molar-refractivity contribution in [3.05, 3.63) is 0 Å². The average Bonchev–Trinajstić information content (AvgIpc) is 2.32. The number of carbonyl (C=O) groups is 2. The lowest BCUT2D eigenvalue weighted by atomic mass is 9.79. The predicted molar refractivity (Wildman–Crippen MR) is 64.7 cm³/mol. The van der Waals surface area contributed by atoms with E-state index in [-0.39, 0.29) is 18.4 Å². The fraction of sp³-hybridized carbons (Fsp3) is 0.833. The third kappa shape index (κ3) is 4.73. The second-order valence-corrected chi connectivity index (χ2v) is 4.32. The van der Waals surface area contributed by atoms with Gasteiger partial charge in [0.1, 0.15) is 0 Å². The number of carboxylic acid groups (broad SMARTS) is 1. The second-order valence-electron chi connectivity index (χ2n) is 4.32. The van der Waals surface area contributed by atoms with Crippen LogP contribution in [0.4, 0.5) is 0 Å². The maximum absolute atomic E-state index is 11.7. The molecule has 0 bridgehead atoms. The highest BCUT2D eigenvalue weighted by Gasteiger charge is 2.37. The molecule has 0 heterocycles. The van der Waals surface area contributed by atoms with Crippen molar-refractivity contribution in [2.75, 3.05) is 13.7 Å². The third-order valence-corrected chi connectivity index (χ3v) is 3.30. The molecule has 1 atom stereocenters. The molecule has 0 saturated heterocycles. The van der Waals surface area contributed by atoms with Crippen molar-refractivity contribution in [3.8, 4) is 0 Å². The Morgan fingerprint density at radius 2 is 1.88 bits per heavy atom. The van der Waals surface area contributed by atoms with Gasteiger partial charge in [0.2, 0.25) is 5.91 Å². The lowest BCUT2D eigenvalue weighted by Crippen LogP contribution is -2.39. The van der Waals surface area contributed by atoms with E-state index in [0.29, 0.717) is 19.4 Å². The number of hydrogen-bond donors (Lipinski definition) is 2. The monoisotopic (exact) mass is 245 g/mol. The predicted octanol–water partition coefficient (Wildman–Crippen LogP) is 1.42. The van der Waals surface area contributed by atoms with Crippen LogP contribution in [-0.2, 0) is 14.3 Å². The van der Waals surface area contributed by atoms with Crippen LogP contribution in [0.25, 0.3) is 0 Å². The highest BCUT2D eigenvalue weighted by Crippen LogP contribution is 2.30. The van der Waals surface area contributed by atoms with Gasteiger partial charge in [0.25, 0.3) is 0 Å². The second kappa shape index (κ2) is 7.27. The van der Waals surface area contributed by atoms with Gasteiger partial charge in [-0.2, -0.15) is 0 Å². The molecule has 0 aromatic carbocycles. The Labute approximate surface area is 103 Å². The summed E-state index contributed by atoms with van der Waals surface area (Å²) in [6.07, 6.45) is 0.852. The van der Waals surface area contributed by atoms with Gasteiger partial charge >= 0.3 is 5.97 Å². The van der Waals surface area contributed by atoms with Crippen LogP contribution < -0.4 is 5.32 Å². The molecule has 1 amide bonds. The van der Waals surface area contributed by atoms with E-state index in [9.17, 15) is 14.7 Å². The molecule has 100 valence electrons. The molecule has 1 unspecified atom stereocenters. The summed E-state index contributed by atoms with van der Waals surface area (Å²) in [6, 6.07) is 0. The van der Waals surface area contributed by atoms with Crippen molar-refractivity contribution >= 4 is 11.9 Å². The summed E-state index contributed by atoms with van der Waals surface area (Å²) in [5.41, 5.74) is -0.944. The first-order valence-electron chi connectivity index (χ1n) is 5.94. The molecule has 0 spiro atoms. The summed E-state index contributed by atoms with van der Waals surface area (Å²) in [5.74, 6) is -1.14. The topological polar surface area (TPSA) is 75.6 Å². The molecular weight excluding hydrogens is 222 g/mol. The molecule has 17 heavy (non-hydrogen) atoms. The maximum atomic E-state index is 11.7. The van der Waals surface area contributed by atoms with Gasteiger partial charge in [-0.1, -0.05) is 13.8 Å². The summed E-state index contributed by atoms with van der Waals surface area (Å²) >= 11 is 0. The van der Waals surface area contributed by atoms with Crippen LogP contribution in [0, 0.1) is 5.41 Å². The summed E-state index contributed by atoms with van der Waals surface area (Å²) in [5, 5.41) is 11.9. The van der Waals surface area contributed by atoms with Gasteiger partial charge in [-0.25, -0.2) is 0 Å². The number of methoxy groups -OCH3 is 1. The minimum atomic E-state index is -0.944. The zero-order valence-electron chi connectivity index (χ0n) is 11.1. The number of carbonyl (C=O) groups excluding carboxylic acids is 1. The Bertz CT molecular complexity index is 261. The van der Waals surface area contributed by atoms with Gasteiger partial charge in [-0.05, 0) is 19.8 Å². The van der Waals surface area contributed by atoms with E-state index in [0.717, 1.165) is 0 Å². The van der Waals surface area contributed by atoms with Crippen LogP contribution in [0.2, 0.25) is 0 Å². The number of nitrogens with one attached hydrogen (secondary N) is 1. The minimum absolute atomic E-state index is 0.0196. The van der Waals surface area contributed by atoms with Crippen molar-refractivity contribution < 1.29 is 19.4 Å². The van der Waals surface area contributed by atoms with E-state index >= 15 is 0 Å². The van der Waals surface area contributed by atoms with E-state index in [1.807, 2.05) is 6.92 Å². The van der Waals surface area contributed by atoms with Crippen LogP contribution >= 0.6 is 0 Å². The number of amides is 1. The summed E-state index contributed by atoms with van der Waals surface area (Å²) < 4.78 is 5.00. The molecule has 5 heteroatoms. The van der Waals surface area contributed by atoms with Crippen LogP contribution in [0.15, 0.2) is 0 Å². The number of ether oxygens (including phenoxy) is 1. The first kappa shape index (κ1) is 15.9. The molecular formula is C12H23NO4. The van der Waals surface area contributed by atoms with Crippen molar-refractivity contribution in [2.24, 2.45) is 5.41 Å². The van der Waals surface area contributed by atoms with Gasteiger partial charge in [-0.3, -0.25) is 9.59 Å². The number of aliphatic carboxylic acids is 1. The van der Waals surface area contributed by atoms with E-state index < -0.39 is 11.4 Å². The van der Waals surface area contributed by atoms with Crippen molar-refractivity contribution in [3.63, 3.8) is 0 Å². The summed E-state index contributed by atoms with van der Waals surface area (Å²) in [6.45, 7) is 5.83. The Kier molecular flexibility index (Phi) is 6.80. The van der Waals surface area contributed by atoms with E-state index in [4.69, 9.17) is 4.74 Å². The van der Waals surface area contributed by atoms with Gasteiger partial charge in [0, 0.05) is 20.1 Å². The Morgan fingerprint density at radius 3 is 2.24 bits per heavy atom. The van der Waals surface area contributed by atoms with Crippen LogP contribution in [0.5, 0.6) is 0 Å². The zero-order chi connectivity index (χ0) is 13.5. The van der Waals surface area contributed by atoms with Crippen molar-refractivity contribution in [2.45, 2.75) is 46.1 Å². The molecule has 0 aliphatic rings. The first-order chi connectivity index (χ1) is 7.91. The van der Waals surface area contributed by atoms with Gasteiger partial charge in [-0.15, -0.1) is 0 Å². The quantitative estimate of drug-likeness (QED) is 0.678. The van der Waals surface area contributed by atoms with E-state index in [2.05, 4.69) is 5.32 Å². The Hall–Kier alpha value is -1.10. The van der Waals surface area contributed by atoms with Gasteiger partial charge < -0.3 is 15.2 Å². The zero-order valence-corrected chi connectivity index (χ0v) is 11.1. The molecule has 0 radical (unpaired) electrons. The highest BCUT2D eigenvalue weighted by molar-refractivity contribution is 5.84. The Balaban J connectivity index is 4.37. The molecule has 2 N–H and O–H groups in total. The van der Waals surface area contributed by atoms with E-state index in [1.54, 1.807) is 21.0 Å². The number of hydrogen-bond acceptors (Lipinski definition) is 3. The third-order valence-electron chi connectivity index (χ3n) is 3.30. The van der Waals surface area contributed by atoms with Crippen LogP contribution in [0.1, 0.15) is 40.0 Å². The standard InChI is InChI=1S/C12H23NO4/c1-5-12(6-2,11(15)16)7-10(14)13-8-9(3)17-4/h9H,5-8H2,1-4H3,(H,13,14)(H,15,16). The number of rotatable bonds is 8. The SMILES string of the molecule is CCC(CC)(CC(=O)NCC(C)OC)C(=O)O. The highest BCUT2D eigenvalue weighted by atomic mass is 16.5. The van der Waals surface area contributed by atoms with Crippen LogP contribution in [-0.4, -0.2) is 36.7 Å². The molecule has 5 nitrogen and oxygen atoms in total. The lowest BCUT2D eigenvalue weighted by molar-refractivity contribution is -0.152. The molecule has 0 fully saturated rings. The molecule has 0 aromatic rings. The van der Waals surface area contributed by atoms with Crippen molar-refractivity contribution in [1.29, 1.82) is 0 Å². The summed E-state index contributed by atoms with van der Waals surface area (Å²) in [4.78, 5) is 22.9. The molecule has 0 saturated carbocycles. The average molecular weight is 245 g/mol. The minimum Gasteiger partial charge on any atom is -0.481 e. The largest absolute Gasteiger partial charge is 0.481 e. The van der Waals surface area contributed by atoms with Gasteiger partial charge in [0.05, 0.1) is 11.5 Å². The lowest BCUT2D eigenvalue weighted by Gasteiger charge is -2.26. The maximum Gasteiger partial charge on any atom is 0.310 e. The van der Waals surface area contributed by atoms with Crippen molar-refractivity contribution in [1.82, 2.24) is 5.32 Å². The number of carboxylic acids is 1. The molecule has 0 aromatic heterocycles. The molecule has 0 rings (SSSR count). The normalized spacial score (nSPS) is 13.2. The van der Waals surface area contributed by atoms with E-state index in [1.165, 1.54) is 0 Å². The Morgan fingerprint density at radius 1 is 1.35 bits per heavy atom. The fourth-order valence-corrected chi connectivity index (χ4v) is 1.59. The van der Waals surface area contributed by atoms with Crippen LogP contribution in [0.3, 0.4) is 0 Å². The molecule has 0 aliphatic carbocycles.